The molecule has 1 fully saturated rings. The van der Waals surface area contributed by atoms with Gasteiger partial charge in [0.05, 0.1) is 22.9 Å². The molecule has 7 nitrogen and oxygen atoms in total. The highest BCUT2D eigenvalue weighted by Crippen LogP contribution is 2.29. The lowest BCUT2D eigenvalue weighted by Crippen LogP contribution is -2.25. The highest BCUT2D eigenvalue weighted by Gasteiger charge is 2.23. The van der Waals surface area contributed by atoms with Gasteiger partial charge in [0.25, 0.3) is 5.91 Å². The van der Waals surface area contributed by atoms with E-state index in [2.05, 4.69) is 40.1 Å². The Kier molecular flexibility index (Phi) is 5.49. The zero-order valence-electron chi connectivity index (χ0n) is 18.5. The number of hydrogen-bond acceptors (Lipinski definition) is 5. The predicted octanol–water partition coefficient (Wildman–Crippen LogP) is 3.81. The molecule has 0 atom stereocenters. The number of aromatic nitrogens is 3. The van der Waals surface area contributed by atoms with Gasteiger partial charge in [-0.05, 0) is 64.2 Å². The van der Waals surface area contributed by atoms with Crippen molar-refractivity contribution < 1.29 is 4.79 Å². The third-order valence-electron chi connectivity index (χ3n) is 5.76. The van der Waals surface area contributed by atoms with Crippen LogP contribution in [0.4, 0.5) is 5.82 Å². The molecule has 4 aromatic rings. The van der Waals surface area contributed by atoms with Crippen LogP contribution in [0.25, 0.3) is 27.9 Å². The molecule has 1 amide bonds. The quantitative estimate of drug-likeness (QED) is 0.418. The number of hydrogen-bond donors (Lipinski definition) is 2. The molecule has 2 N–H and O–H groups in total. The number of para-hydroxylation sites is 2. The monoisotopic (exact) mass is 428 g/mol. The topological polar surface area (TPSA) is 74.6 Å². The van der Waals surface area contributed by atoms with Gasteiger partial charge in [0.15, 0.2) is 11.5 Å². The molecule has 2 heterocycles. The number of benzene rings is 2. The van der Waals surface area contributed by atoms with Crippen LogP contribution in [0.2, 0.25) is 0 Å². The average Bonchev–Trinajstić information content (AvgIpc) is 3.50. The summed E-state index contributed by atoms with van der Waals surface area (Å²) in [4.78, 5) is 24.1. The minimum Gasteiger partial charge on any atom is -0.367 e. The van der Waals surface area contributed by atoms with Gasteiger partial charge >= 0.3 is 0 Å². The number of nitrogens with one attached hydrogen (secondary N) is 2. The van der Waals surface area contributed by atoms with E-state index in [0.717, 1.165) is 66.1 Å². The highest BCUT2D eigenvalue weighted by molar-refractivity contribution is 5.95. The van der Waals surface area contributed by atoms with Gasteiger partial charge in [0.1, 0.15) is 0 Å². The van der Waals surface area contributed by atoms with Crippen LogP contribution >= 0.6 is 0 Å². The number of nitrogens with zero attached hydrogens (tertiary/aromatic N) is 4. The van der Waals surface area contributed by atoms with Gasteiger partial charge in [-0.15, -0.1) is 0 Å². The van der Waals surface area contributed by atoms with Crippen LogP contribution in [-0.4, -0.2) is 58.4 Å². The van der Waals surface area contributed by atoms with E-state index in [1.807, 2.05) is 48.7 Å². The molecule has 0 aliphatic heterocycles. The maximum Gasteiger partial charge on any atom is 0.251 e. The van der Waals surface area contributed by atoms with Crippen LogP contribution in [0.15, 0.2) is 54.7 Å². The Morgan fingerprint density at radius 3 is 2.66 bits per heavy atom. The zero-order chi connectivity index (χ0) is 22.1. The summed E-state index contributed by atoms with van der Waals surface area (Å²) in [5.41, 5.74) is 5.39. The van der Waals surface area contributed by atoms with Crippen LogP contribution in [0.5, 0.6) is 0 Å². The molecule has 1 aliphatic rings. The zero-order valence-corrected chi connectivity index (χ0v) is 18.5. The molecule has 0 bridgehead atoms. The Morgan fingerprint density at radius 2 is 1.91 bits per heavy atom. The Hall–Kier alpha value is -3.45. The molecule has 2 aromatic carbocycles. The first kappa shape index (κ1) is 20.5. The van der Waals surface area contributed by atoms with Crippen LogP contribution in [-0.2, 0) is 0 Å². The van der Waals surface area contributed by atoms with E-state index < -0.39 is 0 Å². The summed E-state index contributed by atoms with van der Waals surface area (Å²) >= 11 is 0. The Labute approximate surface area is 187 Å². The Morgan fingerprint density at radius 1 is 1.12 bits per heavy atom. The van der Waals surface area contributed by atoms with Crippen LogP contribution in [0.1, 0.15) is 29.6 Å². The largest absolute Gasteiger partial charge is 0.367 e. The standard InChI is InChI=1S/C25H28N6O/c1-30(2)15-5-14-26-23-24-27-16-22(31(24)21-7-4-3-6-20(21)29-23)17-8-10-18(11-9-17)25(32)28-19-12-13-19/h3-4,6-11,16,19H,5,12-15H2,1-2H3,(H,26,29)(H,28,32). The van der Waals surface area contributed by atoms with E-state index in [-0.39, 0.29) is 5.91 Å². The number of imidazole rings is 1. The van der Waals surface area contributed by atoms with Crippen LogP contribution in [0.3, 0.4) is 0 Å². The highest BCUT2D eigenvalue weighted by atomic mass is 16.1. The van der Waals surface area contributed by atoms with Crippen molar-refractivity contribution in [1.82, 2.24) is 24.6 Å². The molecule has 1 aliphatic carbocycles. The smallest absolute Gasteiger partial charge is 0.251 e. The van der Waals surface area contributed by atoms with Crippen molar-refractivity contribution in [1.29, 1.82) is 0 Å². The summed E-state index contributed by atoms with van der Waals surface area (Å²) in [6.45, 7) is 1.84. The second-order valence-electron chi connectivity index (χ2n) is 8.66. The van der Waals surface area contributed by atoms with E-state index >= 15 is 0 Å². The number of anilines is 1. The summed E-state index contributed by atoms with van der Waals surface area (Å²) in [6.07, 6.45) is 5.07. The van der Waals surface area contributed by atoms with Crippen molar-refractivity contribution >= 4 is 28.4 Å². The third-order valence-corrected chi connectivity index (χ3v) is 5.76. The predicted molar refractivity (Wildman–Crippen MR) is 128 cm³/mol. The summed E-state index contributed by atoms with van der Waals surface area (Å²) < 4.78 is 2.15. The first-order chi connectivity index (χ1) is 15.6. The van der Waals surface area contributed by atoms with E-state index in [1.54, 1.807) is 0 Å². The molecule has 32 heavy (non-hydrogen) atoms. The number of carbonyl (C=O) groups excluding carboxylic acids is 1. The summed E-state index contributed by atoms with van der Waals surface area (Å²) in [5, 5.41) is 6.51. The molecule has 7 heteroatoms. The number of fused-ring (bicyclic) bond motifs is 3. The second kappa shape index (κ2) is 8.59. The van der Waals surface area contributed by atoms with E-state index in [0.29, 0.717) is 11.6 Å². The summed E-state index contributed by atoms with van der Waals surface area (Å²) in [5.74, 6) is 0.783. The SMILES string of the molecule is CN(C)CCCNc1nc2ccccc2n2c(-c3ccc(C(=O)NC4CC4)cc3)cnc12. The molecule has 2 aromatic heterocycles. The fourth-order valence-corrected chi connectivity index (χ4v) is 3.89. The number of amides is 1. The molecule has 0 saturated heterocycles. The Bertz CT molecular complexity index is 1260. The lowest BCUT2D eigenvalue weighted by Gasteiger charge is -2.13. The van der Waals surface area contributed by atoms with Crippen molar-refractivity contribution in [2.24, 2.45) is 0 Å². The minimum atomic E-state index is -0.00366. The molecule has 0 spiro atoms. The molecular weight excluding hydrogens is 400 g/mol. The lowest BCUT2D eigenvalue weighted by atomic mass is 10.1. The number of rotatable bonds is 8. The van der Waals surface area contributed by atoms with Gasteiger partial charge in [-0.2, -0.15) is 0 Å². The van der Waals surface area contributed by atoms with E-state index in [4.69, 9.17) is 9.97 Å². The minimum absolute atomic E-state index is 0.00366. The van der Waals surface area contributed by atoms with Crippen molar-refractivity contribution in [2.45, 2.75) is 25.3 Å². The van der Waals surface area contributed by atoms with Gasteiger partial charge in [-0.3, -0.25) is 9.20 Å². The second-order valence-corrected chi connectivity index (χ2v) is 8.66. The fraction of sp³-hybridized carbons (Fsp3) is 0.320. The first-order valence-electron chi connectivity index (χ1n) is 11.2. The van der Waals surface area contributed by atoms with Crippen molar-refractivity contribution in [2.75, 3.05) is 32.5 Å². The van der Waals surface area contributed by atoms with Crippen LogP contribution < -0.4 is 10.6 Å². The van der Waals surface area contributed by atoms with Crippen molar-refractivity contribution in [3.8, 4) is 11.3 Å². The van der Waals surface area contributed by atoms with Gasteiger partial charge in [0.2, 0.25) is 0 Å². The Balaban J connectivity index is 1.50. The molecule has 164 valence electrons. The fourth-order valence-electron chi connectivity index (χ4n) is 3.89. The molecule has 5 rings (SSSR count). The molecule has 0 radical (unpaired) electrons. The van der Waals surface area contributed by atoms with E-state index in [9.17, 15) is 4.79 Å². The van der Waals surface area contributed by atoms with Gasteiger partial charge in [-0.1, -0.05) is 24.3 Å². The molecule has 0 unspecified atom stereocenters. The molecule has 1 saturated carbocycles. The lowest BCUT2D eigenvalue weighted by molar-refractivity contribution is 0.0951. The molecular formula is C25H28N6O. The first-order valence-corrected chi connectivity index (χ1v) is 11.2. The van der Waals surface area contributed by atoms with Gasteiger partial charge < -0.3 is 15.5 Å². The van der Waals surface area contributed by atoms with Crippen LogP contribution in [0, 0.1) is 0 Å². The maximum atomic E-state index is 12.3. The van der Waals surface area contributed by atoms with E-state index in [1.165, 1.54) is 0 Å². The number of carbonyl (C=O) groups is 1. The summed E-state index contributed by atoms with van der Waals surface area (Å²) in [7, 11) is 4.16. The summed E-state index contributed by atoms with van der Waals surface area (Å²) in [6, 6.07) is 16.2. The van der Waals surface area contributed by atoms with Crippen molar-refractivity contribution in [3.05, 3.63) is 60.3 Å². The third kappa shape index (κ3) is 4.16. The normalized spacial score (nSPS) is 13.7. The van der Waals surface area contributed by atoms with Crippen molar-refractivity contribution in [3.63, 3.8) is 0 Å². The maximum absolute atomic E-state index is 12.3. The average molecular weight is 429 g/mol. The van der Waals surface area contributed by atoms with Gasteiger partial charge in [-0.25, -0.2) is 9.97 Å². The van der Waals surface area contributed by atoms with Gasteiger partial charge in [0, 0.05) is 23.7 Å².